The maximum Gasteiger partial charge on any atom is 0.134 e. The van der Waals surface area contributed by atoms with E-state index >= 15 is 0 Å². The van der Waals surface area contributed by atoms with Crippen molar-refractivity contribution in [2.75, 3.05) is 0 Å². The normalized spacial score (nSPS) is 13.7. The summed E-state index contributed by atoms with van der Waals surface area (Å²) in [6.07, 6.45) is 7.14. The number of rotatable bonds is 2. The number of H-pyrrole nitrogens is 1. The number of aliphatic imine (C=N–C) groups is 1. The molecule has 120 valence electrons. The quantitative estimate of drug-likeness (QED) is 0.481. The second kappa shape index (κ2) is 5.58. The summed E-state index contributed by atoms with van der Waals surface area (Å²) in [5.74, 6) is 0. The predicted octanol–water partition coefficient (Wildman–Crippen LogP) is 5.49. The van der Waals surface area contributed by atoms with Gasteiger partial charge in [0.25, 0.3) is 0 Å². The molecule has 1 aliphatic rings. The van der Waals surface area contributed by atoms with Gasteiger partial charge in [-0.3, -0.25) is 0 Å². The average molecular weight is 341 g/mol. The van der Waals surface area contributed by atoms with Crippen LogP contribution < -0.4 is 0 Å². The number of aromatic nitrogens is 1. The first-order valence-corrected chi connectivity index (χ1v) is 9.24. The highest BCUT2D eigenvalue weighted by Gasteiger charge is 2.21. The molecule has 4 aromatic rings. The van der Waals surface area contributed by atoms with Crippen molar-refractivity contribution in [2.45, 2.75) is 19.3 Å². The first-order chi connectivity index (χ1) is 12.3. The van der Waals surface area contributed by atoms with E-state index in [-0.39, 0.29) is 0 Å². The Morgan fingerprint density at radius 2 is 2.04 bits per heavy atom. The van der Waals surface area contributed by atoms with Gasteiger partial charge in [-0.15, -0.1) is 11.3 Å². The average Bonchev–Trinajstić information content (AvgIpc) is 3.33. The second-order valence-electron chi connectivity index (χ2n) is 6.36. The van der Waals surface area contributed by atoms with Crippen LogP contribution in [0.4, 0.5) is 5.00 Å². The summed E-state index contributed by atoms with van der Waals surface area (Å²) >= 11 is 1.67. The summed E-state index contributed by atoms with van der Waals surface area (Å²) < 4.78 is 0. The van der Waals surface area contributed by atoms with Crippen molar-refractivity contribution in [2.24, 2.45) is 4.99 Å². The molecule has 0 atom stereocenters. The van der Waals surface area contributed by atoms with E-state index in [1.165, 1.54) is 21.2 Å². The maximum atomic E-state index is 9.50. The van der Waals surface area contributed by atoms with Crippen molar-refractivity contribution in [1.82, 2.24) is 4.98 Å². The molecule has 0 spiro atoms. The molecule has 0 amide bonds. The van der Waals surface area contributed by atoms with Gasteiger partial charge in [0.15, 0.2) is 0 Å². The largest absolute Gasteiger partial charge is 0.360 e. The van der Waals surface area contributed by atoms with Crippen molar-refractivity contribution in [3.8, 4) is 6.07 Å². The Kier molecular flexibility index (Phi) is 3.22. The monoisotopic (exact) mass is 341 g/mol. The summed E-state index contributed by atoms with van der Waals surface area (Å²) in [4.78, 5) is 9.39. The van der Waals surface area contributed by atoms with Crippen LogP contribution in [0, 0.1) is 11.3 Å². The van der Waals surface area contributed by atoms with Gasteiger partial charge in [0.1, 0.15) is 11.1 Å². The van der Waals surface area contributed by atoms with Crippen LogP contribution in [0.25, 0.3) is 21.7 Å². The number of fused-ring (bicyclic) bond motifs is 4. The molecule has 25 heavy (non-hydrogen) atoms. The SMILES string of the molecule is N#Cc1c(N=Cc2c[nH]c3c2ccc2ccccc23)sc2c1CCC2. The summed E-state index contributed by atoms with van der Waals surface area (Å²) in [7, 11) is 0. The van der Waals surface area contributed by atoms with Crippen LogP contribution >= 0.6 is 11.3 Å². The topological polar surface area (TPSA) is 51.9 Å². The van der Waals surface area contributed by atoms with E-state index < -0.39 is 0 Å². The second-order valence-corrected chi connectivity index (χ2v) is 7.44. The number of aromatic amines is 1. The number of benzene rings is 2. The lowest BCUT2D eigenvalue weighted by molar-refractivity contribution is 0.913. The molecular weight excluding hydrogens is 326 g/mol. The van der Waals surface area contributed by atoms with Crippen molar-refractivity contribution in [3.63, 3.8) is 0 Å². The van der Waals surface area contributed by atoms with Crippen LogP contribution in [-0.2, 0) is 12.8 Å². The van der Waals surface area contributed by atoms with E-state index in [9.17, 15) is 5.26 Å². The summed E-state index contributed by atoms with van der Waals surface area (Å²) in [5.41, 5.74) is 4.19. The highest BCUT2D eigenvalue weighted by atomic mass is 32.1. The maximum absolute atomic E-state index is 9.50. The van der Waals surface area contributed by atoms with E-state index in [4.69, 9.17) is 0 Å². The lowest BCUT2D eigenvalue weighted by atomic mass is 10.1. The minimum atomic E-state index is 0.777. The van der Waals surface area contributed by atoms with Gasteiger partial charge < -0.3 is 4.98 Å². The van der Waals surface area contributed by atoms with Crippen LogP contribution in [0.3, 0.4) is 0 Å². The lowest BCUT2D eigenvalue weighted by Gasteiger charge is -1.99. The van der Waals surface area contributed by atoms with Crippen LogP contribution in [-0.4, -0.2) is 11.2 Å². The van der Waals surface area contributed by atoms with Crippen LogP contribution in [0.5, 0.6) is 0 Å². The molecule has 1 N–H and O–H groups in total. The molecule has 4 heteroatoms. The minimum Gasteiger partial charge on any atom is -0.360 e. The Morgan fingerprint density at radius 1 is 1.12 bits per heavy atom. The van der Waals surface area contributed by atoms with Gasteiger partial charge in [0.05, 0.1) is 11.1 Å². The molecule has 2 heterocycles. The van der Waals surface area contributed by atoms with E-state index in [1.807, 2.05) is 12.4 Å². The zero-order valence-electron chi connectivity index (χ0n) is 13.5. The molecule has 2 aromatic heterocycles. The van der Waals surface area contributed by atoms with Gasteiger partial charge in [-0.25, -0.2) is 4.99 Å². The summed E-state index contributed by atoms with van der Waals surface area (Å²) in [6.45, 7) is 0. The highest BCUT2D eigenvalue weighted by molar-refractivity contribution is 7.16. The molecule has 0 unspecified atom stereocenters. The number of thiophene rings is 1. The third-order valence-corrected chi connectivity index (χ3v) is 6.15. The fourth-order valence-electron chi connectivity index (χ4n) is 3.73. The molecular formula is C21H15N3S. The molecule has 1 aliphatic carbocycles. The highest BCUT2D eigenvalue weighted by Crippen LogP contribution is 2.40. The molecule has 0 saturated carbocycles. The first kappa shape index (κ1) is 14.4. The van der Waals surface area contributed by atoms with E-state index in [1.54, 1.807) is 11.3 Å². The number of hydrogen-bond donors (Lipinski definition) is 1. The van der Waals surface area contributed by atoms with E-state index in [2.05, 4.69) is 52.4 Å². The third-order valence-electron chi connectivity index (χ3n) is 4.95. The summed E-state index contributed by atoms with van der Waals surface area (Å²) in [5, 5.41) is 13.9. The van der Waals surface area contributed by atoms with Crippen LogP contribution in [0.15, 0.2) is 47.6 Å². The van der Waals surface area contributed by atoms with Gasteiger partial charge in [0, 0.05) is 33.6 Å². The van der Waals surface area contributed by atoms with Crippen molar-refractivity contribution in [1.29, 1.82) is 5.26 Å². The Hall–Kier alpha value is -2.90. The standard InChI is InChI=1S/C21H15N3S/c22-10-18-17-6-3-7-19(17)25-21(18)24-12-14-11-23-20-15-5-2-1-4-13(15)8-9-16(14)20/h1-2,4-5,8-9,11-12,23H,3,6-7H2. The van der Waals surface area contributed by atoms with Gasteiger partial charge in [-0.2, -0.15) is 5.26 Å². The number of nitriles is 1. The number of nitrogens with one attached hydrogen (secondary N) is 1. The Labute approximate surface area is 149 Å². The van der Waals surface area contributed by atoms with Gasteiger partial charge >= 0.3 is 0 Å². The third kappa shape index (κ3) is 2.20. The van der Waals surface area contributed by atoms with Gasteiger partial charge in [-0.1, -0.05) is 36.4 Å². The fourth-order valence-corrected chi connectivity index (χ4v) is 4.91. The van der Waals surface area contributed by atoms with Crippen LogP contribution in [0.1, 0.15) is 28.0 Å². The Bertz CT molecular complexity index is 1190. The molecule has 0 radical (unpaired) electrons. The molecule has 0 saturated heterocycles. The molecule has 0 bridgehead atoms. The smallest absolute Gasteiger partial charge is 0.134 e. The molecule has 5 rings (SSSR count). The molecule has 3 nitrogen and oxygen atoms in total. The predicted molar refractivity (Wildman–Crippen MR) is 104 cm³/mol. The van der Waals surface area contributed by atoms with Crippen molar-refractivity contribution in [3.05, 3.63) is 64.2 Å². The van der Waals surface area contributed by atoms with Gasteiger partial charge in [0.2, 0.25) is 0 Å². The van der Waals surface area contributed by atoms with E-state index in [0.29, 0.717) is 0 Å². The summed E-state index contributed by atoms with van der Waals surface area (Å²) in [6, 6.07) is 15.0. The molecule has 0 fully saturated rings. The van der Waals surface area contributed by atoms with Crippen molar-refractivity contribution < 1.29 is 0 Å². The van der Waals surface area contributed by atoms with E-state index in [0.717, 1.165) is 46.3 Å². The lowest BCUT2D eigenvalue weighted by Crippen LogP contribution is -1.81. The minimum absolute atomic E-state index is 0.777. The molecule has 2 aromatic carbocycles. The van der Waals surface area contributed by atoms with Crippen LogP contribution in [0.2, 0.25) is 0 Å². The number of hydrogen-bond acceptors (Lipinski definition) is 3. The Balaban J connectivity index is 1.60. The first-order valence-electron chi connectivity index (χ1n) is 8.42. The van der Waals surface area contributed by atoms with Gasteiger partial charge in [-0.05, 0) is 30.2 Å². The Morgan fingerprint density at radius 3 is 2.96 bits per heavy atom. The zero-order chi connectivity index (χ0) is 16.8. The number of aryl methyl sites for hydroxylation is 1. The van der Waals surface area contributed by atoms with Crippen molar-refractivity contribution >= 4 is 44.2 Å². The molecule has 0 aliphatic heterocycles. The number of nitrogens with zero attached hydrogens (tertiary/aromatic N) is 2. The zero-order valence-corrected chi connectivity index (χ0v) is 14.4. The fraction of sp³-hybridized carbons (Fsp3) is 0.143.